The molecule has 3 aromatic heterocycles. The van der Waals surface area contributed by atoms with Gasteiger partial charge in [0.1, 0.15) is 0 Å². The second-order valence-electron chi connectivity index (χ2n) is 8.55. The van der Waals surface area contributed by atoms with Gasteiger partial charge in [0, 0.05) is 61.2 Å². The van der Waals surface area contributed by atoms with E-state index < -0.39 is 0 Å². The van der Waals surface area contributed by atoms with Crippen LogP contribution in [0.5, 0.6) is 0 Å². The number of ether oxygens (including phenoxy) is 1. The molecule has 2 saturated heterocycles. The van der Waals surface area contributed by atoms with Gasteiger partial charge in [-0.3, -0.25) is 9.78 Å². The minimum Gasteiger partial charge on any atom is -0.378 e. The maximum atomic E-state index is 13.1. The van der Waals surface area contributed by atoms with Crippen LogP contribution in [0.3, 0.4) is 0 Å². The Labute approximate surface area is 211 Å². The summed E-state index contributed by atoms with van der Waals surface area (Å²) in [4.78, 5) is 27.6. The SMILES string of the molecule is O=C(Nc1cnccc1N1CCNCC1)c1nc(-c2cc3cc(N4CCOCC4)ccc3s2)cs1. The standard InChI is InChI=1S/C25H26N6O2S2/c32-24(28-19-15-27-4-3-21(19)31-7-5-26-6-8-31)25-29-20(16-34-25)23-14-17-13-18(1-2-22(17)35-23)30-9-11-33-12-10-30/h1-4,13-16,26H,5-12H2,(H,28,32). The number of hydrogen-bond donors (Lipinski definition) is 2. The van der Waals surface area contributed by atoms with Crippen molar-refractivity contribution in [1.29, 1.82) is 0 Å². The zero-order chi connectivity index (χ0) is 23.6. The highest BCUT2D eigenvalue weighted by Gasteiger charge is 2.19. The van der Waals surface area contributed by atoms with Gasteiger partial charge in [0.15, 0.2) is 5.01 Å². The molecule has 2 aliphatic rings. The highest BCUT2D eigenvalue weighted by Crippen LogP contribution is 2.36. The van der Waals surface area contributed by atoms with Gasteiger partial charge in [0.2, 0.25) is 0 Å². The molecule has 5 heterocycles. The average molecular weight is 507 g/mol. The first kappa shape index (κ1) is 22.4. The minimum absolute atomic E-state index is 0.207. The van der Waals surface area contributed by atoms with Crippen LogP contribution in [0, 0.1) is 0 Å². The molecule has 180 valence electrons. The number of amides is 1. The Morgan fingerprint density at radius 2 is 1.91 bits per heavy atom. The van der Waals surface area contributed by atoms with E-state index in [-0.39, 0.29) is 5.91 Å². The van der Waals surface area contributed by atoms with Crippen molar-refractivity contribution < 1.29 is 9.53 Å². The Hall–Kier alpha value is -3.05. The Kier molecular flexibility index (Phi) is 6.34. The molecule has 2 N–H and O–H groups in total. The summed E-state index contributed by atoms with van der Waals surface area (Å²) in [6.07, 6.45) is 3.47. The first-order valence-electron chi connectivity index (χ1n) is 11.8. The summed E-state index contributed by atoms with van der Waals surface area (Å²) >= 11 is 3.07. The largest absolute Gasteiger partial charge is 0.378 e. The predicted octanol–water partition coefficient (Wildman–Crippen LogP) is 3.92. The van der Waals surface area contributed by atoms with Gasteiger partial charge in [-0.25, -0.2) is 4.98 Å². The first-order chi connectivity index (χ1) is 17.2. The van der Waals surface area contributed by atoms with Gasteiger partial charge in [0.05, 0.1) is 41.4 Å². The molecule has 2 aliphatic heterocycles. The number of piperazine rings is 1. The third-order valence-electron chi connectivity index (χ3n) is 6.33. The molecule has 0 bridgehead atoms. The van der Waals surface area contributed by atoms with Crippen molar-refractivity contribution >= 4 is 55.7 Å². The summed E-state index contributed by atoms with van der Waals surface area (Å²) in [7, 11) is 0. The third-order valence-corrected chi connectivity index (χ3v) is 8.31. The van der Waals surface area contributed by atoms with Gasteiger partial charge in [0.25, 0.3) is 5.91 Å². The molecule has 1 aromatic carbocycles. The summed E-state index contributed by atoms with van der Waals surface area (Å²) in [5.41, 5.74) is 3.77. The predicted molar refractivity (Wildman–Crippen MR) is 143 cm³/mol. The number of nitrogens with zero attached hydrogens (tertiary/aromatic N) is 4. The lowest BCUT2D eigenvalue weighted by Gasteiger charge is -2.30. The van der Waals surface area contributed by atoms with E-state index in [0.29, 0.717) is 10.7 Å². The highest BCUT2D eigenvalue weighted by atomic mass is 32.1. The summed E-state index contributed by atoms with van der Waals surface area (Å²) in [6, 6.07) is 10.7. The second kappa shape index (κ2) is 9.90. The lowest BCUT2D eigenvalue weighted by atomic mass is 10.2. The molecule has 0 atom stereocenters. The molecule has 8 nitrogen and oxygen atoms in total. The van der Waals surface area contributed by atoms with Crippen molar-refractivity contribution in [3.63, 3.8) is 0 Å². The van der Waals surface area contributed by atoms with E-state index in [0.717, 1.165) is 68.7 Å². The first-order valence-corrected chi connectivity index (χ1v) is 13.5. The maximum Gasteiger partial charge on any atom is 0.284 e. The fourth-order valence-electron chi connectivity index (χ4n) is 4.51. The van der Waals surface area contributed by atoms with Gasteiger partial charge in [-0.2, -0.15) is 0 Å². The van der Waals surface area contributed by atoms with Crippen LogP contribution < -0.4 is 20.4 Å². The van der Waals surface area contributed by atoms with E-state index in [1.807, 2.05) is 11.4 Å². The third kappa shape index (κ3) is 4.74. The normalized spacial score (nSPS) is 16.6. The molecule has 0 saturated carbocycles. The topological polar surface area (TPSA) is 82.6 Å². The molecular weight excluding hydrogens is 480 g/mol. The molecule has 0 unspecified atom stereocenters. The number of thiophene rings is 1. The van der Waals surface area contributed by atoms with Crippen molar-refractivity contribution in [3.8, 4) is 10.6 Å². The molecular formula is C25H26N6O2S2. The molecule has 35 heavy (non-hydrogen) atoms. The van der Waals surface area contributed by atoms with Gasteiger partial charge >= 0.3 is 0 Å². The van der Waals surface area contributed by atoms with Crippen LogP contribution in [-0.4, -0.2) is 68.4 Å². The second-order valence-corrected chi connectivity index (χ2v) is 10.5. The van der Waals surface area contributed by atoms with Gasteiger partial charge in [-0.15, -0.1) is 22.7 Å². The van der Waals surface area contributed by atoms with Crippen LogP contribution in [0.2, 0.25) is 0 Å². The highest BCUT2D eigenvalue weighted by molar-refractivity contribution is 7.22. The number of hydrogen-bond acceptors (Lipinski definition) is 9. The van der Waals surface area contributed by atoms with Crippen molar-refractivity contribution in [2.45, 2.75) is 0 Å². The quantitative estimate of drug-likeness (QED) is 0.425. The Morgan fingerprint density at radius 3 is 2.77 bits per heavy atom. The molecule has 4 aromatic rings. The molecule has 2 fully saturated rings. The van der Waals surface area contributed by atoms with E-state index in [9.17, 15) is 4.79 Å². The fraction of sp³-hybridized carbons (Fsp3) is 0.320. The van der Waals surface area contributed by atoms with Crippen molar-refractivity contribution in [2.24, 2.45) is 0 Å². The summed E-state index contributed by atoms with van der Waals surface area (Å²) < 4.78 is 6.69. The molecule has 10 heteroatoms. The summed E-state index contributed by atoms with van der Waals surface area (Å²) in [6.45, 7) is 7.02. The number of nitrogens with one attached hydrogen (secondary N) is 2. The zero-order valence-corrected chi connectivity index (χ0v) is 20.8. The van der Waals surface area contributed by atoms with E-state index in [1.54, 1.807) is 23.7 Å². The van der Waals surface area contributed by atoms with Crippen molar-refractivity contribution in [1.82, 2.24) is 15.3 Å². The van der Waals surface area contributed by atoms with Crippen LogP contribution in [0.25, 0.3) is 20.7 Å². The van der Waals surface area contributed by atoms with Gasteiger partial charge < -0.3 is 25.2 Å². The molecule has 0 spiro atoms. The Balaban J connectivity index is 1.20. The Morgan fingerprint density at radius 1 is 1.06 bits per heavy atom. The van der Waals surface area contributed by atoms with Crippen molar-refractivity contribution in [2.75, 3.05) is 67.6 Å². The van der Waals surface area contributed by atoms with Gasteiger partial charge in [-0.05, 0) is 35.7 Å². The molecule has 6 rings (SSSR count). The number of anilines is 3. The lowest BCUT2D eigenvalue weighted by Crippen LogP contribution is -2.43. The van der Waals surface area contributed by atoms with E-state index >= 15 is 0 Å². The van der Waals surface area contributed by atoms with Crippen LogP contribution in [-0.2, 0) is 4.74 Å². The lowest BCUT2D eigenvalue weighted by molar-refractivity contribution is 0.102. The van der Waals surface area contributed by atoms with Gasteiger partial charge in [-0.1, -0.05) is 0 Å². The van der Waals surface area contributed by atoms with Crippen LogP contribution in [0.4, 0.5) is 17.1 Å². The van der Waals surface area contributed by atoms with E-state index in [2.05, 4.69) is 54.7 Å². The zero-order valence-electron chi connectivity index (χ0n) is 19.2. The number of rotatable bonds is 5. The number of aromatic nitrogens is 2. The number of morpholine rings is 1. The van der Waals surface area contributed by atoms with Crippen LogP contribution in [0.15, 0.2) is 48.1 Å². The maximum absolute atomic E-state index is 13.1. The Bertz CT molecular complexity index is 1340. The van der Waals surface area contributed by atoms with Crippen molar-refractivity contribution in [3.05, 3.63) is 53.1 Å². The summed E-state index contributed by atoms with van der Waals surface area (Å²) in [5.74, 6) is -0.207. The monoisotopic (exact) mass is 506 g/mol. The number of carbonyl (C=O) groups is 1. The molecule has 1 amide bonds. The van der Waals surface area contributed by atoms with E-state index in [4.69, 9.17) is 4.74 Å². The minimum atomic E-state index is -0.207. The fourth-order valence-corrected chi connectivity index (χ4v) is 6.30. The smallest absolute Gasteiger partial charge is 0.284 e. The molecule has 0 radical (unpaired) electrons. The number of carbonyl (C=O) groups excluding carboxylic acids is 1. The number of pyridine rings is 1. The van der Waals surface area contributed by atoms with Crippen LogP contribution in [0.1, 0.15) is 9.80 Å². The summed E-state index contributed by atoms with van der Waals surface area (Å²) in [5, 5.41) is 10.00. The number of benzene rings is 1. The van der Waals surface area contributed by atoms with E-state index in [1.165, 1.54) is 27.1 Å². The number of fused-ring (bicyclic) bond motifs is 1. The average Bonchev–Trinajstić information content (AvgIpc) is 3.57. The van der Waals surface area contributed by atoms with Crippen LogP contribution >= 0.6 is 22.7 Å². The molecule has 0 aliphatic carbocycles. The number of thiazole rings is 1.